The number of hydrogen-bond donors (Lipinski definition) is 0. The lowest BCUT2D eigenvalue weighted by atomic mass is 9.94. The first-order valence-electron chi connectivity index (χ1n) is 11.7. The quantitative estimate of drug-likeness (QED) is 0.338. The monoisotopic (exact) mass is 449 g/mol. The van der Waals surface area contributed by atoms with Gasteiger partial charge in [-0.3, -0.25) is 14.6 Å². The molecule has 1 aromatic heterocycles. The first-order chi connectivity index (χ1) is 16.4. The first-order valence-corrected chi connectivity index (χ1v) is 11.7. The number of ketones is 2. The lowest BCUT2D eigenvalue weighted by Gasteiger charge is -2.10. The summed E-state index contributed by atoms with van der Waals surface area (Å²) in [6.45, 7) is 5.99. The summed E-state index contributed by atoms with van der Waals surface area (Å²) in [5, 5.41) is 0.959. The van der Waals surface area contributed by atoms with Gasteiger partial charge >= 0.3 is 0 Å². The van der Waals surface area contributed by atoms with Crippen molar-refractivity contribution >= 4 is 22.5 Å². The second-order valence-electron chi connectivity index (χ2n) is 9.28. The van der Waals surface area contributed by atoms with Crippen LogP contribution in [-0.2, 0) is 19.3 Å². The average molecular weight is 450 g/mol. The molecule has 0 amide bonds. The third-order valence-corrected chi connectivity index (χ3v) is 6.50. The molecule has 1 atom stereocenters. The van der Waals surface area contributed by atoms with Crippen molar-refractivity contribution in [3.63, 3.8) is 0 Å². The van der Waals surface area contributed by atoms with Crippen LogP contribution in [0.25, 0.3) is 10.9 Å². The standard InChI is InChI=1S/C30H27NO3/c1-18-4-6-21(14-28(32)24-8-9-25-12-20(3)34-30(25)17-24)13-26(18)16-29(33)23-10-11-27-22(15-23)7-5-19(2)31-27/h4-11,13,15,17,20H,12,14,16H2,1-3H3. The Morgan fingerprint density at radius 1 is 0.882 bits per heavy atom. The van der Waals surface area contributed by atoms with Crippen molar-refractivity contribution in [1.29, 1.82) is 0 Å². The minimum absolute atomic E-state index is 0.0457. The number of ether oxygens (including phenoxy) is 1. The predicted octanol–water partition coefficient (Wildman–Crippen LogP) is 6.03. The molecule has 5 rings (SSSR count). The van der Waals surface area contributed by atoms with Crippen molar-refractivity contribution in [2.24, 2.45) is 0 Å². The summed E-state index contributed by atoms with van der Waals surface area (Å²) < 4.78 is 5.81. The second-order valence-corrected chi connectivity index (χ2v) is 9.28. The second kappa shape index (κ2) is 8.86. The number of carbonyl (C=O) groups excluding carboxylic acids is 2. The van der Waals surface area contributed by atoms with Crippen molar-refractivity contribution in [3.8, 4) is 5.75 Å². The van der Waals surface area contributed by atoms with Gasteiger partial charge in [0.1, 0.15) is 11.9 Å². The molecule has 0 radical (unpaired) electrons. The maximum atomic E-state index is 13.1. The van der Waals surface area contributed by atoms with Gasteiger partial charge in [0.2, 0.25) is 0 Å². The Bertz CT molecular complexity index is 1440. The molecule has 0 bridgehead atoms. The van der Waals surface area contributed by atoms with Crippen molar-refractivity contribution in [3.05, 3.63) is 106 Å². The zero-order chi connectivity index (χ0) is 23.8. The molecule has 1 aliphatic rings. The smallest absolute Gasteiger partial charge is 0.167 e. The Hall–Kier alpha value is -3.79. The third kappa shape index (κ3) is 4.49. The van der Waals surface area contributed by atoms with E-state index in [0.717, 1.165) is 51.0 Å². The Labute approximate surface area is 199 Å². The van der Waals surface area contributed by atoms with Gasteiger partial charge in [-0.25, -0.2) is 0 Å². The lowest BCUT2D eigenvalue weighted by molar-refractivity contribution is 0.0986. The summed E-state index contributed by atoms with van der Waals surface area (Å²) in [4.78, 5) is 30.5. The highest BCUT2D eigenvalue weighted by Crippen LogP contribution is 2.30. The van der Waals surface area contributed by atoms with Gasteiger partial charge < -0.3 is 4.74 Å². The number of carbonyl (C=O) groups is 2. The zero-order valence-corrected chi connectivity index (χ0v) is 19.7. The molecule has 1 aliphatic heterocycles. The summed E-state index contributed by atoms with van der Waals surface area (Å²) in [5.41, 5.74) is 7.23. The van der Waals surface area contributed by atoms with Crippen LogP contribution in [0.15, 0.2) is 66.7 Å². The molecule has 0 N–H and O–H groups in total. The molecule has 4 nitrogen and oxygen atoms in total. The molecule has 4 heteroatoms. The number of hydrogen-bond acceptors (Lipinski definition) is 4. The number of aryl methyl sites for hydroxylation is 2. The maximum absolute atomic E-state index is 13.1. The fraction of sp³-hybridized carbons (Fsp3) is 0.233. The van der Waals surface area contributed by atoms with E-state index in [1.54, 1.807) is 0 Å². The predicted molar refractivity (Wildman–Crippen MR) is 134 cm³/mol. The highest BCUT2D eigenvalue weighted by Gasteiger charge is 2.20. The van der Waals surface area contributed by atoms with Gasteiger partial charge in [0, 0.05) is 41.5 Å². The van der Waals surface area contributed by atoms with Crippen molar-refractivity contribution in [2.45, 2.75) is 46.1 Å². The normalized spacial score (nSPS) is 14.6. The van der Waals surface area contributed by atoms with Crippen LogP contribution in [0.3, 0.4) is 0 Å². The molecule has 0 saturated carbocycles. The Morgan fingerprint density at radius 2 is 1.65 bits per heavy atom. The third-order valence-electron chi connectivity index (χ3n) is 6.50. The first kappa shape index (κ1) is 22.0. The van der Waals surface area contributed by atoms with E-state index in [0.29, 0.717) is 17.5 Å². The van der Waals surface area contributed by atoms with E-state index in [1.807, 2.05) is 87.5 Å². The van der Waals surface area contributed by atoms with E-state index in [4.69, 9.17) is 4.74 Å². The summed E-state index contributed by atoms with van der Waals surface area (Å²) in [7, 11) is 0. The molecule has 170 valence electrons. The van der Waals surface area contributed by atoms with Crippen LogP contribution in [0.2, 0.25) is 0 Å². The molecule has 34 heavy (non-hydrogen) atoms. The van der Waals surface area contributed by atoms with E-state index in [1.165, 1.54) is 0 Å². The SMILES string of the molecule is Cc1ccc2cc(C(=O)Cc3cc(CC(=O)c4ccc5c(c4)OC(C)C5)ccc3C)ccc2n1. The van der Waals surface area contributed by atoms with Crippen LogP contribution in [0.1, 0.15) is 55.6 Å². The molecular formula is C30H27NO3. The van der Waals surface area contributed by atoms with Crippen LogP contribution in [0.4, 0.5) is 0 Å². The largest absolute Gasteiger partial charge is 0.490 e. The molecule has 3 aromatic carbocycles. The van der Waals surface area contributed by atoms with Crippen molar-refractivity contribution < 1.29 is 14.3 Å². The molecule has 1 unspecified atom stereocenters. The number of fused-ring (bicyclic) bond motifs is 2. The zero-order valence-electron chi connectivity index (χ0n) is 19.7. The van der Waals surface area contributed by atoms with Gasteiger partial charge in [-0.2, -0.15) is 0 Å². The molecular weight excluding hydrogens is 422 g/mol. The average Bonchev–Trinajstić information content (AvgIpc) is 3.20. The van der Waals surface area contributed by atoms with Gasteiger partial charge in [0.05, 0.1) is 5.52 Å². The molecule has 0 saturated heterocycles. The topological polar surface area (TPSA) is 56.3 Å². The van der Waals surface area contributed by atoms with E-state index >= 15 is 0 Å². The summed E-state index contributed by atoms with van der Waals surface area (Å²) >= 11 is 0. The van der Waals surface area contributed by atoms with E-state index < -0.39 is 0 Å². The minimum Gasteiger partial charge on any atom is -0.490 e. The lowest BCUT2D eigenvalue weighted by Crippen LogP contribution is -2.08. The summed E-state index contributed by atoms with van der Waals surface area (Å²) in [6, 6.07) is 21.3. The van der Waals surface area contributed by atoms with Crippen LogP contribution in [-0.4, -0.2) is 22.7 Å². The maximum Gasteiger partial charge on any atom is 0.167 e. The van der Waals surface area contributed by atoms with E-state index in [2.05, 4.69) is 4.98 Å². The number of aromatic nitrogens is 1. The van der Waals surface area contributed by atoms with E-state index in [-0.39, 0.29) is 24.1 Å². The fourth-order valence-corrected chi connectivity index (χ4v) is 4.56. The number of nitrogens with zero attached hydrogens (tertiary/aromatic N) is 1. The molecule has 0 spiro atoms. The van der Waals surface area contributed by atoms with Crippen molar-refractivity contribution in [1.82, 2.24) is 4.98 Å². The Kier molecular flexibility index (Phi) is 5.74. The van der Waals surface area contributed by atoms with Crippen LogP contribution in [0, 0.1) is 13.8 Å². The van der Waals surface area contributed by atoms with Crippen LogP contribution >= 0.6 is 0 Å². The van der Waals surface area contributed by atoms with Crippen LogP contribution in [0.5, 0.6) is 5.75 Å². The van der Waals surface area contributed by atoms with Gasteiger partial charge in [-0.1, -0.05) is 36.4 Å². The molecule has 4 aromatic rings. The molecule has 0 fully saturated rings. The fourth-order valence-electron chi connectivity index (χ4n) is 4.56. The van der Waals surface area contributed by atoms with Gasteiger partial charge in [-0.15, -0.1) is 0 Å². The van der Waals surface area contributed by atoms with Crippen molar-refractivity contribution in [2.75, 3.05) is 0 Å². The number of Topliss-reactive ketones (excluding diaryl/α,β-unsaturated/α-hetero) is 2. The Balaban J connectivity index is 1.33. The number of rotatable bonds is 6. The van der Waals surface area contributed by atoms with Crippen LogP contribution < -0.4 is 4.74 Å². The van der Waals surface area contributed by atoms with Gasteiger partial charge in [0.25, 0.3) is 0 Å². The molecule has 0 aliphatic carbocycles. The highest BCUT2D eigenvalue weighted by molar-refractivity contribution is 6.01. The minimum atomic E-state index is 0.0457. The van der Waals surface area contributed by atoms with Gasteiger partial charge in [0.15, 0.2) is 11.6 Å². The van der Waals surface area contributed by atoms with Gasteiger partial charge in [-0.05, 0) is 73.4 Å². The van der Waals surface area contributed by atoms with E-state index in [9.17, 15) is 9.59 Å². The highest BCUT2D eigenvalue weighted by atomic mass is 16.5. The summed E-state index contributed by atoms with van der Waals surface area (Å²) in [6.07, 6.45) is 1.62. The Morgan fingerprint density at radius 3 is 2.50 bits per heavy atom. The summed E-state index contributed by atoms with van der Waals surface area (Å²) in [5.74, 6) is 0.914. The molecule has 2 heterocycles. The number of pyridine rings is 1. The number of benzene rings is 3.